The topological polar surface area (TPSA) is 74.6 Å². The van der Waals surface area contributed by atoms with Crippen LogP contribution in [0.4, 0.5) is 5.69 Å². The van der Waals surface area contributed by atoms with Gasteiger partial charge in [0.15, 0.2) is 0 Å². The molecular formula is C18H19N3O3S. The molecule has 1 saturated heterocycles. The van der Waals surface area contributed by atoms with Crippen LogP contribution in [0.5, 0.6) is 5.75 Å². The smallest absolute Gasteiger partial charge is 0.268 e. The number of phenolic OH excluding ortho intramolecular Hbond substituents is 1. The minimum Gasteiger partial charge on any atom is -0.508 e. The average molecular weight is 357 g/mol. The van der Waals surface area contributed by atoms with Crippen molar-refractivity contribution in [1.29, 1.82) is 0 Å². The lowest BCUT2D eigenvalue weighted by Crippen LogP contribution is -2.43. The fourth-order valence-corrected chi connectivity index (χ4v) is 4.56. The lowest BCUT2D eigenvalue weighted by Gasteiger charge is -2.29. The zero-order chi connectivity index (χ0) is 17.4. The highest BCUT2D eigenvalue weighted by molar-refractivity contribution is 7.90. The molecule has 2 aromatic carbocycles. The van der Waals surface area contributed by atoms with Gasteiger partial charge < -0.3 is 15.3 Å². The summed E-state index contributed by atoms with van der Waals surface area (Å²) in [6, 6.07) is 13.4. The molecule has 0 unspecified atom stereocenters. The molecule has 3 aromatic rings. The third-order valence-electron chi connectivity index (χ3n) is 4.50. The summed E-state index contributed by atoms with van der Waals surface area (Å²) in [4.78, 5) is 2.31. The summed E-state index contributed by atoms with van der Waals surface area (Å²) in [5.41, 5.74) is 1.65. The number of piperazine rings is 1. The van der Waals surface area contributed by atoms with E-state index in [1.54, 1.807) is 12.3 Å². The maximum absolute atomic E-state index is 13.0. The minimum atomic E-state index is -3.77. The summed E-state index contributed by atoms with van der Waals surface area (Å²) in [7, 11) is -3.77. The predicted octanol–water partition coefficient (Wildman–Crippen LogP) is 1.99. The second-order valence-electron chi connectivity index (χ2n) is 6.09. The quantitative estimate of drug-likeness (QED) is 0.750. The van der Waals surface area contributed by atoms with Crippen molar-refractivity contribution in [1.82, 2.24) is 9.29 Å². The predicted molar refractivity (Wildman–Crippen MR) is 97.7 cm³/mol. The summed E-state index contributed by atoms with van der Waals surface area (Å²) >= 11 is 0. The fourth-order valence-electron chi connectivity index (χ4n) is 3.18. The van der Waals surface area contributed by atoms with Crippen molar-refractivity contribution in [2.24, 2.45) is 0 Å². The van der Waals surface area contributed by atoms with E-state index in [0.717, 1.165) is 37.3 Å². The van der Waals surface area contributed by atoms with Gasteiger partial charge in [-0.3, -0.25) is 0 Å². The number of hydrogen-bond acceptors (Lipinski definition) is 5. The van der Waals surface area contributed by atoms with Gasteiger partial charge in [0.05, 0.1) is 10.4 Å². The zero-order valence-electron chi connectivity index (χ0n) is 13.6. The van der Waals surface area contributed by atoms with Gasteiger partial charge in [0.25, 0.3) is 10.0 Å². The van der Waals surface area contributed by atoms with Gasteiger partial charge in [-0.1, -0.05) is 12.1 Å². The van der Waals surface area contributed by atoms with Crippen molar-refractivity contribution in [3.63, 3.8) is 0 Å². The molecule has 1 fully saturated rings. The number of benzene rings is 2. The maximum Gasteiger partial charge on any atom is 0.268 e. The van der Waals surface area contributed by atoms with Gasteiger partial charge in [-0.2, -0.15) is 0 Å². The molecule has 1 aliphatic rings. The summed E-state index contributed by atoms with van der Waals surface area (Å²) < 4.78 is 27.2. The van der Waals surface area contributed by atoms with Crippen LogP contribution >= 0.6 is 0 Å². The standard InChI is InChI=1S/C18H19N3O3S/c22-16-2-1-3-17(13-16)25(23,24)21-9-6-14-4-5-15(12-18(14)21)20-10-7-19-8-11-20/h1-6,9,12-13,19,22H,7-8,10-11H2. The van der Waals surface area contributed by atoms with Gasteiger partial charge in [0, 0.05) is 49.5 Å². The Hall–Kier alpha value is -2.51. The van der Waals surface area contributed by atoms with E-state index in [0.29, 0.717) is 5.52 Å². The number of nitrogens with one attached hydrogen (secondary N) is 1. The fraction of sp³-hybridized carbons (Fsp3) is 0.222. The molecule has 6 nitrogen and oxygen atoms in total. The van der Waals surface area contributed by atoms with E-state index < -0.39 is 10.0 Å². The van der Waals surface area contributed by atoms with Gasteiger partial charge in [-0.15, -0.1) is 0 Å². The van der Waals surface area contributed by atoms with Crippen molar-refractivity contribution in [2.45, 2.75) is 4.90 Å². The Bertz CT molecular complexity index is 1020. The van der Waals surface area contributed by atoms with E-state index in [4.69, 9.17) is 0 Å². The van der Waals surface area contributed by atoms with Crippen LogP contribution in [0.15, 0.2) is 59.6 Å². The summed E-state index contributed by atoms with van der Waals surface area (Å²) in [5.74, 6) is -0.0703. The largest absolute Gasteiger partial charge is 0.508 e. The molecule has 0 aliphatic carbocycles. The van der Waals surface area contributed by atoms with Gasteiger partial charge in [-0.05, 0) is 30.3 Å². The first-order valence-corrected chi connectivity index (χ1v) is 9.61. The Labute approximate surface area is 146 Å². The van der Waals surface area contributed by atoms with Crippen molar-refractivity contribution < 1.29 is 13.5 Å². The molecule has 0 spiro atoms. The highest BCUT2D eigenvalue weighted by atomic mass is 32.2. The minimum absolute atomic E-state index is 0.0672. The molecule has 130 valence electrons. The summed E-state index contributed by atoms with van der Waals surface area (Å²) in [6.45, 7) is 3.62. The Balaban J connectivity index is 1.82. The SMILES string of the molecule is O=S(=O)(c1cccc(O)c1)n1ccc2ccc(N3CCNCC3)cc21. The monoisotopic (exact) mass is 357 g/mol. The van der Waals surface area contributed by atoms with E-state index in [9.17, 15) is 13.5 Å². The van der Waals surface area contributed by atoms with Gasteiger partial charge >= 0.3 is 0 Å². The average Bonchev–Trinajstić information content (AvgIpc) is 3.06. The molecule has 25 heavy (non-hydrogen) atoms. The Morgan fingerprint density at radius 2 is 1.80 bits per heavy atom. The highest BCUT2D eigenvalue weighted by Crippen LogP contribution is 2.27. The van der Waals surface area contributed by atoms with Crippen molar-refractivity contribution in [3.05, 3.63) is 54.7 Å². The maximum atomic E-state index is 13.0. The molecule has 0 radical (unpaired) electrons. The first-order valence-electron chi connectivity index (χ1n) is 8.17. The van der Waals surface area contributed by atoms with Crippen molar-refractivity contribution >= 4 is 26.6 Å². The third kappa shape index (κ3) is 2.85. The number of aromatic nitrogens is 1. The van der Waals surface area contributed by atoms with Crippen LogP contribution in [0.25, 0.3) is 10.9 Å². The molecule has 2 heterocycles. The lowest BCUT2D eigenvalue weighted by molar-refractivity contribution is 0.473. The van der Waals surface area contributed by atoms with E-state index in [-0.39, 0.29) is 10.6 Å². The molecular weight excluding hydrogens is 338 g/mol. The van der Waals surface area contributed by atoms with Gasteiger partial charge in [0.2, 0.25) is 0 Å². The molecule has 1 aromatic heterocycles. The van der Waals surface area contributed by atoms with Crippen LogP contribution in [0.1, 0.15) is 0 Å². The Morgan fingerprint density at radius 1 is 1.00 bits per heavy atom. The molecule has 0 atom stereocenters. The molecule has 4 rings (SSSR count). The Morgan fingerprint density at radius 3 is 2.56 bits per heavy atom. The van der Waals surface area contributed by atoms with Crippen LogP contribution < -0.4 is 10.2 Å². The number of anilines is 1. The van der Waals surface area contributed by atoms with E-state index in [1.165, 1.54) is 28.2 Å². The molecule has 1 aliphatic heterocycles. The number of fused-ring (bicyclic) bond motifs is 1. The number of aromatic hydroxyl groups is 1. The second kappa shape index (κ2) is 6.09. The number of hydrogen-bond donors (Lipinski definition) is 2. The third-order valence-corrected chi connectivity index (χ3v) is 6.18. The first-order chi connectivity index (χ1) is 12.1. The van der Waals surface area contributed by atoms with Crippen LogP contribution in [-0.2, 0) is 10.0 Å². The number of nitrogens with zero attached hydrogens (tertiary/aromatic N) is 2. The summed E-state index contributed by atoms with van der Waals surface area (Å²) in [6.07, 6.45) is 1.56. The van der Waals surface area contributed by atoms with Crippen LogP contribution in [0.3, 0.4) is 0 Å². The Kier molecular flexibility index (Phi) is 3.89. The summed E-state index contributed by atoms with van der Waals surface area (Å²) in [5, 5.41) is 13.8. The molecule has 0 bridgehead atoms. The van der Waals surface area contributed by atoms with E-state index in [1.807, 2.05) is 18.2 Å². The van der Waals surface area contributed by atoms with Crippen LogP contribution in [-0.4, -0.2) is 43.7 Å². The highest BCUT2D eigenvalue weighted by Gasteiger charge is 2.20. The lowest BCUT2D eigenvalue weighted by atomic mass is 10.2. The van der Waals surface area contributed by atoms with E-state index >= 15 is 0 Å². The molecule has 2 N–H and O–H groups in total. The van der Waals surface area contributed by atoms with Gasteiger partial charge in [-0.25, -0.2) is 12.4 Å². The van der Waals surface area contributed by atoms with E-state index in [2.05, 4.69) is 10.2 Å². The van der Waals surface area contributed by atoms with Gasteiger partial charge in [0.1, 0.15) is 5.75 Å². The number of rotatable bonds is 3. The molecule has 0 saturated carbocycles. The van der Waals surface area contributed by atoms with Crippen molar-refractivity contribution in [3.8, 4) is 5.75 Å². The second-order valence-corrected chi connectivity index (χ2v) is 7.91. The first kappa shape index (κ1) is 16.0. The van der Waals surface area contributed by atoms with Crippen LogP contribution in [0.2, 0.25) is 0 Å². The molecule has 0 amide bonds. The van der Waals surface area contributed by atoms with Crippen molar-refractivity contribution in [2.75, 3.05) is 31.1 Å². The normalized spacial score (nSPS) is 15.6. The number of phenols is 1. The zero-order valence-corrected chi connectivity index (χ0v) is 14.4. The van der Waals surface area contributed by atoms with Crippen LogP contribution in [0, 0.1) is 0 Å². The molecule has 7 heteroatoms.